The van der Waals surface area contributed by atoms with Crippen LogP contribution in [0, 0.1) is 17.8 Å². The molecule has 1 heterocycles. The first-order chi connectivity index (χ1) is 9.81. The van der Waals surface area contributed by atoms with Crippen molar-refractivity contribution in [2.45, 2.75) is 31.7 Å². The largest absolute Gasteiger partial charge is 0.481 e. The van der Waals surface area contributed by atoms with Crippen LogP contribution in [0.15, 0.2) is 18.3 Å². The second kappa shape index (κ2) is 6.10. The molecule has 2 aliphatic rings. The second-order valence-electron chi connectivity index (χ2n) is 6.17. The Bertz CT molecular complexity index is 414. The predicted octanol–water partition coefficient (Wildman–Crippen LogP) is 2.12. The fraction of sp³-hybridized carbons (Fsp3) is 0.688. The minimum Gasteiger partial charge on any atom is -0.481 e. The van der Waals surface area contributed by atoms with Crippen molar-refractivity contribution in [3.05, 3.63) is 23.9 Å². The van der Waals surface area contributed by atoms with Crippen LogP contribution in [0.3, 0.4) is 0 Å². The number of nitrogens with one attached hydrogen (secondary N) is 1. The first-order valence-electron chi connectivity index (χ1n) is 7.75. The predicted molar refractivity (Wildman–Crippen MR) is 79.5 cm³/mol. The van der Waals surface area contributed by atoms with E-state index in [9.17, 15) is 0 Å². The van der Waals surface area contributed by atoms with Gasteiger partial charge in [0, 0.05) is 24.8 Å². The van der Waals surface area contributed by atoms with E-state index in [0.717, 1.165) is 29.9 Å². The van der Waals surface area contributed by atoms with Crippen molar-refractivity contribution in [3.8, 4) is 5.88 Å². The summed E-state index contributed by atoms with van der Waals surface area (Å²) in [6, 6.07) is 4.16. The highest BCUT2D eigenvalue weighted by Crippen LogP contribution is 2.48. The number of nitrogens with zero attached hydrogens (tertiary/aromatic N) is 1. The van der Waals surface area contributed by atoms with E-state index in [-0.39, 0.29) is 6.04 Å². The SMILES string of the molecule is COc1ccc(C(CN)NCC(C2CC2)C2CC2)cn1. The lowest BCUT2D eigenvalue weighted by Crippen LogP contribution is -2.33. The lowest BCUT2D eigenvalue weighted by Gasteiger charge is -2.22. The highest BCUT2D eigenvalue weighted by atomic mass is 16.5. The summed E-state index contributed by atoms with van der Waals surface area (Å²) in [5.74, 6) is 3.47. The molecule has 3 rings (SSSR count). The number of ether oxygens (including phenoxy) is 1. The molecule has 0 amide bonds. The van der Waals surface area contributed by atoms with Gasteiger partial charge in [-0.05, 0) is 55.5 Å². The molecule has 110 valence electrons. The van der Waals surface area contributed by atoms with Gasteiger partial charge in [-0.25, -0.2) is 4.98 Å². The lowest BCUT2D eigenvalue weighted by molar-refractivity contribution is 0.356. The molecule has 1 aromatic heterocycles. The van der Waals surface area contributed by atoms with Crippen molar-refractivity contribution in [2.75, 3.05) is 20.2 Å². The van der Waals surface area contributed by atoms with E-state index in [0.29, 0.717) is 12.4 Å². The molecule has 1 atom stereocenters. The maximum Gasteiger partial charge on any atom is 0.212 e. The van der Waals surface area contributed by atoms with Crippen molar-refractivity contribution in [3.63, 3.8) is 0 Å². The Morgan fingerprint density at radius 2 is 2.00 bits per heavy atom. The van der Waals surface area contributed by atoms with E-state index in [1.165, 1.54) is 25.7 Å². The van der Waals surface area contributed by atoms with E-state index in [1.807, 2.05) is 12.3 Å². The van der Waals surface area contributed by atoms with Gasteiger partial charge in [-0.2, -0.15) is 0 Å². The van der Waals surface area contributed by atoms with Crippen LogP contribution in [0.5, 0.6) is 5.88 Å². The maximum atomic E-state index is 5.92. The average molecular weight is 275 g/mol. The Morgan fingerprint density at radius 3 is 2.45 bits per heavy atom. The fourth-order valence-corrected chi connectivity index (χ4v) is 3.10. The molecule has 3 N–H and O–H groups in total. The summed E-state index contributed by atoms with van der Waals surface area (Å²) >= 11 is 0. The van der Waals surface area contributed by atoms with Crippen LogP contribution < -0.4 is 15.8 Å². The van der Waals surface area contributed by atoms with Crippen LogP contribution in [0.4, 0.5) is 0 Å². The number of nitrogens with two attached hydrogens (primary N) is 1. The van der Waals surface area contributed by atoms with E-state index >= 15 is 0 Å². The smallest absolute Gasteiger partial charge is 0.212 e. The zero-order valence-corrected chi connectivity index (χ0v) is 12.2. The fourth-order valence-electron chi connectivity index (χ4n) is 3.10. The molecule has 1 unspecified atom stereocenters. The molecule has 2 aliphatic carbocycles. The number of pyridine rings is 1. The van der Waals surface area contributed by atoms with Crippen molar-refractivity contribution >= 4 is 0 Å². The number of hydrogen-bond acceptors (Lipinski definition) is 4. The van der Waals surface area contributed by atoms with Crippen molar-refractivity contribution in [1.29, 1.82) is 0 Å². The molecule has 2 fully saturated rings. The van der Waals surface area contributed by atoms with Crippen LogP contribution in [-0.2, 0) is 0 Å². The molecule has 1 aromatic rings. The van der Waals surface area contributed by atoms with Gasteiger partial charge in [0.2, 0.25) is 5.88 Å². The third-order valence-corrected chi connectivity index (χ3v) is 4.66. The number of methoxy groups -OCH3 is 1. The molecule has 0 saturated heterocycles. The lowest BCUT2D eigenvalue weighted by atomic mass is 9.97. The van der Waals surface area contributed by atoms with Crippen LogP contribution in [0.25, 0.3) is 0 Å². The van der Waals surface area contributed by atoms with E-state index in [4.69, 9.17) is 10.5 Å². The Balaban J connectivity index is 1.57. The summed E-state index contributed by atoms with van der Waals surface area (Å²) in [4.78, 5) is 4.27. The Kier molecular flexibility index (Phi) is 4.22. The van der Waals surface area contributed by atoms with Gasteiger partial charge in [-0.3, -0.25) is 0 Å². The molecule has 0 spiro atoms. The van der Waals surface area contributed by atoms with Gasteiger partial charge in [0.15, 0.2) is 0 Å². The van der Waals surface area contributed by atoms with Crippen LogP contribution >= 0.6 is 0 Å². The summed E-state index contributed by atoms with van der Waals surface area (Å²) < 4.78 is 5.10. The van der Waals surface area contributed by atoms with Gasteiger partial charge >= 0.3 is 0 Å². The zero-order valence-electron chi connectivity index (χ0n) is 12.2. The molecule has 0 aliphatic heterocycles. The van der Waals surface area contributed by atoms with E-state index in [2.05, 4.69) is 16.4 Å². The van der Waals surface area contributed by atoms with Gasteiger partial charge in [0.25, 0.3) is 0 Å². The highest BCUT2D eigenvalue weighted by molar-refractivity contribution is 5.21. The van der Waals surface area contributed by atoms with Gasteiger partial charge in [-0.15, -0.1) is 0 Å². The molecular weight excluding hydrogens is 250 g/mol. The maximum absolute atomic E-state index is 5.92. The molecule has 20 heavy (non-hydrogen) atoms. The topological polar surface area (TPSA) is 60.2 Å². The zero-order chi connectivity index (χ0) is 13.9. The number of rotatable bonds is 8. The van der Waals surface area contributed by atoms with Crippen LogP contribution in [-0.4, -0.2) is 25.2 Å². The minimum atomic E-state index is 0.202. The normalized spacial score (nSPS) is 20.1. The molecule has 0 aromatic carbocycles. The summed E-state index contributed by atoms with van der Waals surface area (Å²) in [5, 5.41) is 3.66. The Hall–Kier alpha value is -1.13. The van der Waals surface area contributed by atoms with Gasteiger partial charge in [0.05, 0.1) is 7.11 Å². The van der Waals surface area contributed by atoms with Crippen LogP contribution in [0.1, 0.15) is 37.3 Å². The number of aromatic nitrogens is 1. The molecule has 4 nitrogen and oxygen atoms in total. The van der Waals surface area contributed by atoms with Gasteiger partial charge in [0.1, 0.15) is 0 Å². The Morgan fingerprint density at radius 1 is 1.30 bits per heavy atom. The van der Waals surface area contributed by atoms with E-state index in [1.54, 1.807) is 7.11 Å². The van der Waals surface area contributed by atoms with Gasteiger partial charge in [-0.1, -0.05) is 6.07 Å². The molecule has 0 radical (unpaired) electrons. The molecule has 0 bridgehead atoms. The summed E-state index contributed by atoms with van der Waals surface area (Å²) in [5.41, 5.74) is 7.08. The first-order valence-corrected chi connectivity index (χ1v) is 7.75. The minimum absolute atomic E-state index is 0.202. The van der Waals surface area contributed by atoms with E-state index < -0.39 is 0 Å². The molecular formula is C16H25N3O. The highest BCUT2D eigenvalue weighted by Gasteiger charge is 2.41. The average Bonchev–Trinajstić information content (AvgIpc) is 3.38. The van der Waals surface area contributed by atoms with Crippen molar-refractivity contribution in [1.82, 2.24) is 10.3 Å². The van der Waals surface area contributed by atoms with Crippen molar-refractivity contribution in [2.24, 2.45) is 23.5 Å². The van der Waals surface area contributed by atoms with Gasteiger partial charge < -0.3 is 15.8 Å². The van der Waals surface area contributed by atoms with Crippen molar-refractivity contribution < 1.29 is 4.74 Å². The van der Waals surface area contributed by atoms with Crippen LogP contribution in [0.2, 0.25) is 0 Å². The summed E-state index contributed by atoms with van der Waals surface area (Å²) in [6.45, 7) is 1.71. The third-order valence-electron chi connectivity index (χ3n) is 4.66. The molecule has 4 heteroatoms. The second-order valence-corrected chi connectivity index (χ2v) is 6.17. The summed E-state index contributed by atoms with van der Waals surface area (Å²) in [7, 11) is 1.64. The monoisotopic (exact) mass is 275 g/mol. The first kappa shape index (κ1) is 13.8. The third kappa shape index (κ3) is 3.30. The Labute approximate surface area is 121 Å². The molecule has 2 saturated carbocycles. The standard InChI is InChI=1S/C16H25N3O/c1-20-16-7-6-13(9-19-16)15(8-17)18-10-14(11-2-3-11)12-4-5-12/h6-7,9,11-12,14-15,18H,2-5,8,10,17H2,1H3. The quantitative estimate of drug-likeness (QED) is 0.763. The summed E-state index contributed by atoms with van der Waals surface area (Å²) in [6.07, 6.45) is 7.59. The number of hydrogen-bond donors (Lipinski definition) is 2.